The third kappa shape index (κ3) is 4.73. The Kier molecular flexibility index (Phi) is 6.25. The Balaban J connectivity index is 1.65. The maximum atomic E-state index is 12.2. The van der Waals surface area contributed by atoms with Gasteiger partial charge >= 0.3 is 0 Å². The van der Waals surface area contributed by atoms with Crippen LogP contribution in [0.15, 0.2) is 30.3 Å². The highest BCUT2D eigenvalue weighted by molar-refractivity contribution is 5.78. The SMILES string of the molecule is C[C@H]1C[C@@H](C(=O)NCCCN(C)c2ccccc2)CCN1C. The van der Waals surface area contributed by atoms with Gasteiger partial charge in [-0.2, -0.15) is 0 Å². The molecule has 0 unspecified atom stereocenters. The number of hydrogen-bond donors (Lipinski definition) is 1. The van der Waals surface area contributed by atoms with Gasteiger partial charge in [0.2, 0.25) is 5.91 Å². The molecule has 2 atom stereocenters. The van der Waals surface area contributed by atoms with Gasteiger partial charge in [-0.15, -0.1) is 0 Å². The van der Waals surface area contributed by atoms with Crippen molar-refractivity contribution in [2.24, 2.45) is 5.92 Å². The van der Waals surface area contributed by atoms with Gasteiger partial charge in [0, 0.05) is 37.8 Å². The topological polar surface area (TPSA) is 35.6 Å². The summed E-state index contributed by atoms with van der Waals surface area (Å²) in [6.07, 6.45) is 2.93. The van der Waals surface area contributed by atoms with Gasteiger partial charge in [-0.05, 0) is 51.9 Å². The number of para-hydroxylation sites is 1. The number of hydrogen-bond acceptors (Lipinski definition) is 3. The quantitative estimate of drug-likeness (QED) is 0.820. The molecule has 4 heteroatoms. The zero-order valence-corrected chi connectivity index (χ0v) is 14.1. The van der Waals surface area contributed by atoms with Crippen molar-refractivity contribution in [3.63, 3.8) is 0 Å². The van der Waals surface area contributed by atoms with Crippen LogP contribution in [0.1, 0.15) is 26.2 Å². The second kappa shape index (κ2) is 8.18. The van der Waals surface area contributed by atoms with Crippen molar-refractivity contribution in [3.05, 3.63) is 30.3 Å². The van der Waals surface area contributed by atoms with Crippen LogP contribution in [0.5, 0.6) is 0 Å². The third-order valence-electron chi connectivity index (χ3n) is 4.75. The van der Waals surface area contributed by atoms with Crippen LogP contribution >= 0.6 is 0 Å². The Hall–Kier alpha value is -1.55. The molecule has 0 bridgehead atoms. The van der Waals surface area contributed by atoms with E-state index in [9.17, 15) is 4.79 Å². The van der Waals surface area contributed by atoms with Crippen molar-refractivity contribution < 1.29 is 4.79 Å². The fourth-order valence-corrected chi connectivity index (χ4v) is 3.01. The zero-order valence-electron chi connectivity index (χ0n) is 14.1. The molecular formula is C18H29N3O. The van der Waals surface area contributed by atoms with E-state index >= 15 is 0 Å². The van der Waals surface area contributed by atoms with Gasteiger partial charge < -0.3 is 15.1 Å². The Bertz CT molecular complexity index is 463. The minimum Gasteiger partial charge on any atom is -0.375 e. The van der Waals surface area contributed by atoms with E-state index in [4.69, 9.17) is 0 Å². The Morgan fingerprint density at radius 2 is 2.09 bits per heavy atom. The molecule has 0 saturated carbocycles. The van der Waals surface area contributed by atoms with Crippen LogP contribution in [0.2, 0.25) is 0 Å². The molecule has 1 aliphatic rings. The molecule has 1 aliphatic heterocycles. The number of likely N-dealkylation sites (tertiary alicyclic amines) is 1. The van der Waals surface area contributed by atoms with Gasteiger partial charge in [0.15, 0.2) is 0 Å². The van der Waals surface area contributed by atoms with Crippen molar-refractivity contribution in [1.29, 1.82) is 0 Å². The molecule has 1 N–H and O–H groups in total. The minimum absolute atomic E-state index is 0.193. The normalized spacial score (nSPS) is 22.3. The van der Waals surface area contributed by atoms with Gasteiger partial charge in [-0.1, -0.05) is 18.2 Å². The standard InChI is InChI=1S/C18H29N3O/c1-15-14-16(10-13-20(15)2)18(22)19-11-7-12-21(3)17-8-5-4-6-9-17/h4-6,8-9,15-16H,7,10-14H2,1-3H3,(H,19,22)/t15-,16-/m0/s1. The van der Waals surface area contributed by atoms with E-state index in [1.807, 2.05) is 6.07 Å². The fraction of sp³-hybridized carbons (Fsp3) is 0.611. The van der Waals surface area contributed by atoms with Crippen molar-refractivity contribution >= 4 is 11.6 Å². The van der Waals surface area contributed by atoms with Crippen LogP contribution in [0.3, 0.4) is 0 Å². The second-order valence-corrected chi connectivity index (χ2v) is 6.45. The second-order valence-electron chi connectivity index (χ2n) is 6.45. The number of rotatable bonds is 6. The fourth-order valence-electron chi connectivity index (χ4n) is 3.01. The van der Waals surface area contributed by atoms with Gasteiger partial charge in [0.1, 0.15) is 0 Å². The van der Waals surface area contributed by atoms with E-state index in [1.165, 1.54) is 5.69 Å². The lowest BCUT2D eigenvalue weighted by Crippen LogP contribution is -2.43. The number of carbonyl (C=O) groups excluding carboxylic acids is 1. The number of anilines is 1. The average Bonchev–Trinajstić information content (AvgIpc) is 2.54. The van der Waals surface area contributed by atoms with Crippen LogP contribution in [0.4, 0.5) is 5.69 Å². The summed E-state index contributed by atoms with van der Waals surface area (Å²) >= 11 is 0. The number of carbonyl (C=O) groups is 1. The first kappa shape index (κ1) is 16.8. The monoisotopic (exact) mass is 303 g/mol. The Morgan fingerprint density at radius 3 is 2.77 bits per heavy atom. The highest BCUT2D eigenvalue weighted by Crippen LogP contribution is 2.21. The van der Waals surface area contributed by atoms with Crippen LogP contribution in [-0.4, -0.2) is 50.6 Å². The van der Waals surface area contributed by atoms with Gasteiger partial charge in [-0.3, -0.25) is 4.79 Å². The maximum absolute atomic E-state index is 12.2. The Labute approximate surface area is 134 Å². The van der Waals surface area contributed by atoms with E-state index in [0.29, 0.717) is 6.04 Å². The van der Waals surface area contributed by atoms with E-state index in [-0.39, 0.29) is 11.8 Å². The van der Waals surface area contributed by atoms with Crippen LogP contribution < -0.4 is 10.2 Å². The Morgan fingerprint density at radius 1 is 1.36 bits per heavy atom. The van der Waals surface area contributed by atoms with Crippen molar-refractivity contribution in [1.82, 2.24) is 10.2 Å². The number of nitrogens with one attached hydrogen (secondary N) is 1. The van der Waals surface area contributed by atoms with E-state index in [2.05, 4.69) is 60.4 Å². The predicted molar refractivity (Wildman–Crippen MR) is 92.2 cm³/mol. The summed E-state index contributed by atoms with van der Waals surface area (Å²) in [5.74, 6) is 0.431. The zero-order chi connectivity index (χ0) is 15.9. The lowest BCUT2D eigenvalue weighted by molar-refractivity contribution is -0.126. The van der Waals surface area contributed by atoms with E-state index in [0.717, 1.165) is 38.9 Å². The maximum Gasteiger partial charge on any atom is 0.223 e. The summed E-state index contributed by atoms with van der Waals surface area (Å²) in [7, 11) is 4.23. The van der Waals surface area contributed by atoms with Crippen LogP contribution in [-0.2, 0) is 4.79 Å². The summed E-state index contributed by atoms with van der Waals surface area (Å²) in [4.78, 5) is 16.8. The summed E-state index contributed by atoms with van der Waals surface area (Å²) in [5.41, 5.74) is 1.22. The molecule has 22 heavy (non-hydrogen) atoms. The largest absolute Gasteiger partial charge is 0.375 e. The van der Waals surface area contributed by atoms with Crippen LogP contribution in [0.25, 0.3) is 0 Å². The minimum atomic E-state index is 0.193. The van der Waals surface area contributed by atoms with Crippen LogP contribution in [0, 0.1) is 5.92 Å². The molecule has 1 aromatic carbocycles. The first-order chi connectivity index (χ1) is 10.6. The lowest BCUT2D eigenvalue weighted by atomic mass is 9.91. The summed E-state index contributed by atoms with van der Waals surface area (Å²) in [6.45, 7) is 4.94. The van der Waals surface area contributed by atoms with E-state index < -0.39 is 0 Å². The van der Waals surface area contributed by atoms with Crippen molar-refractivity contribution in [3.8, 4) is 0 Å². The summed E-state index contributed by atoms with van der Waals surface area (Å²) in [5, 5.41) is 3.11. The molecular weight excluding hydrogens is 274 g/mol. The summed E-state index contributed by atoms with van der Waals surface area (Å²) < 4.78 is 0. The van der Waals surface area contributed by atoms with Crippen molar-refractivity contribution in [2.45, 2.75) is 32.2 Å². The highest BCUT2D eigenvalue weighted by atomic mass is 16.1. The predicted octanol–water partition coefficient (Wildman–Crippen LogP) is 2.36. The molecule has 1 aromatic rings. The first-order valence-corrected chi connectivity index (χ1v) is 8.32. The number of benzene rings is 1. The molecule has 1 fully saturated rings. The number of amides is 1. The first-order valence-electron chi connectivity index (χ1n) is 8.32. The van der Waals surface area contributed by atoms with Gasteiger partial charge in [0.05, 0.1) is 0 Å². The molecule has 1 heterocycles. The molecule has 122 valence electrons. The van der Waals surface area contributed by atoms with Crippen molar-refractivity contribution in [2.75, 3.05) is 38.6 Å². The summed E-state index contributed by atoms with van der Waals surface area (Å²) in [6, 6.07) is 10.9. The molecule has 4 nitrogen and oxygen atoms in total. The molecule has 0 aromatic heterocycles. The molecule has 0 spiro atoms. The van der Waals surface area contributed by atoms with Gasteiger partial charge in [-0.25, -0.2) is 0 Å². The molecule has 0 aliphatic carbocycles. The molecule has 2 rings (SSSR count). The smallest absolute Gasteiger partial charge is 0.223 e. The third-order valence-corrected chi connectivity index (χ3v) is 4.75. The molecule has 1 saturated heterocycles. The number of nitrogens with zero attached hydrogens (tertiary/aromatic N) is 2. The molecule has 0 radical (unpaired) electrons. The highest BCUT2D eigenvalue weighted by Gasteiger charge is 2.27. The van der Waals surface area contributed by atoms with E-state index in [1.54, 1.807) is 0 Å². The lowest BCUT2D eigenvalue weighted by Gasteiger charge is -2.34. The van der Waals surface area contributed by atoms with Gasteiger partial charge in [0.25, 0.3) is 0 Å². The average molecular weight is 303 g/mol. The molecule has 1 amide bonds. The number of piperidine rings is 1.